The van der Waals surface area contributed by atoms with Crippen molar-refractivity contribution in [2.24, 2.45) is 5.92 Å². The number of benzene rings is 1. The van der Waals surface area contributed by atoms with E-state index in [4.69, 9.17) is 4.42 Å². The van der Waals surface area contributed by atoms with Crippen molar-refractivity contribution in [2.75, 3.05) is 0 Å². The van der Waals surface area contributed by atoms with Crippen molar-refractivity contribution >= 4 is 23.6 Å². The summed E-state index contributed by atoms with van der Waals surface area (Å²) >= 11 is 4.18. The van der Waals surface area contributed by atoms with Gasteiger partial charge in [0, 0.05) is 5.39 Å². The van der Waals surface area contributed by atoms with E-state index >= 15 is 0 Å². The van der Waals surface area contributed by atoms with Gasteiger partial charge in [-0.2, -0.15) is 0 Å². The van der Waals surface area contributed by atoms with Gasteiger partial charge in [0.15, 0.2) is 5.09 Å². The summed E-state index contributed by atoms with van der Waals surface area (Å²) in [5, 5.41) is 1.81. The Morgan fingerprint density at radius 3 is 2.79 bits per heavy atom. The van der Waals surface area contributed by atoms with Crippen molar-refractivity contribution < 1.29 is 4.42 Å². The molecule has 0 fully saturated rings. The molecule has 2 rings (SSSR count). The topological polar surface area (TPSA) is 13.1 Å². The molecule has 0 radical (unpaired) electrons. The smallest absolute Gasteiger partial charge is 0.158 e. The van der Waals surface area contributed by atoms with Gasteiger partial charge in [0.1, 0.15) is 5.58 Å². The van der Waals surface area contributed by atoms with Crippen molar-refractivity contribution in [2.45, 2.75) is 25.4 Å². The van der Waals surface area contributed by atoms with Gasteiger partial charge in [0.05, 0.1) is 0 Å². The van der Waals surface area contributed by atoms with Gasteiger partial charge in [-0.15, -0.1) is 12.6 Å². The second-order valence-corrected chi connectivity index (χ2v) is 4.50. The first-order chi connectivity index (χ1) is 6.65. The fourth-order valence-corrected chi connectivity index (χ4v) is 1.90. The van der Waals surface area contributed by atoms with Crippen LogP contribution in [-0.4, -0.2) is 0 Å². The summed E-state index contributed by atoms with van der Waals surface area (Å²) in [4.78, 5) is 0. The Hall–Kier alpha value is -0.890. The van der Waals surface area contributed by atoms with Crippen LogP contribution in [0.2, 0.25) is 0 Å². The zero-order chi connectivity index (χ0) is 10.1. The average molecular weight is 206 g/mol. The van der Waals surface area contributed by atoms with Crippen LogP contribution in [0.4, 0.5) is 0 Å². The minimum Gasteiger partial charge on any atom is -0.450 e. The van der Waals surface area contributed by atoms with E-state index in [0.29, 0.717) is 11.0 Å². The lowest BCUT2D eigenvalue weighted by Crippen LogP contribution is -1.92. The molecule has 0 saturated carbocycles. The number of fused-ring (bicyclic) bond motifs is 1. The first-order valence-electron chi connectivity index (χ1n) is 4.86. The Morgan fingerprint density at radius 2 is 2.07 bits per heavy atom. The summed E-state index contributed by atoms with van der Waals surface area (Å²) in [5.41, 5.74) is 2.27. The zero-order valence-corrected chi connectivity index (χ0v) is 9.34. The molecule has 1 aromatic carbocycles. The second-order valence-electron chi connectivity index (χ2n) is 4.05. The Morgan fingerprint density at radius 1 is 1.29 bits per heavy atom. The molecule has 1 heterocycles. The highest BCUT2D eigenvalue weighted by atomic mass is 32.1. The molecule has 2 aromatic rings. The van der Waals surface area contributed by atoms with Gasteiger partial charge < -0.3 is 4.42 Å². The van der Waals surface area contributed by atoms with Crippen molar-refractivity contribution in [3.05, 3.63) is 29.8 Å². The lowest BCUT2D eigenvalue weighted by Gasteiger charge is -2.03. The number of rotatable bonds is 2. The Labute approximate surface area is 89.5 Å². The van der Waals surface area contributed by atoms with Crippen molar-refractivity contribution in [1.29, 1.82) is 0 Å². The SMILES string of the molecule is CC(C)Cc1ccc2cc(S)oc2c1. The average Bonchev–Trinajstić information content (AvgIpc) is 2.42. The number of hydrogen-bond donors (Lipinski definition) is 1. The van der Waals surface area contributed by atoms with E-state index in [-0.39, 0.29) is 0 Å². The van der Waals surface area contributed by atoms with Gasteiger partial charge in [0.2, 0.25) is 0 Å². The minimum atomic E-state index is 0.679. The third-order valence-corrected chi connectivity index (χ3v) is 2.44. The molecule has 0 N–H and O–H groups in total. The molecule has 0 atom stereocenters. The van der Waals surface area contributed by atoms with Crippen molar-refractivity contribution in [1.82, 2.24) is 0 Å². The first kappa shape index (κ1) is 9.66. The lowest BCUT2D eigenvalue weighted by atomic mass is 10.0. The monoisotopic (exact) mass is 206 g/mol. The van der Waals surface area contributed by atoms with Gasteiger partial charge >= 0.3 is 0 Å². The third-order valence-electron chi connectivity index (χ3n) is 2.22. The molecule has 0 spiro atoms. The molecule has 0 aliphatic rings. The summed E-state index contributed by atoms with van der Waals surface area (Å²) < 4.78 is 5.45. The van der Waals surface area contributed by atoms with Gasteiger partial charge in [-0.3, -0.25) is 0 Å². The summed E-state index contributed by atoms with van der Waals surface area (Å²) in [5.74, 6) is 0.679. The largest absolute Gasteiger partial charge is 0.450 e. The number of thiol groups is 1. The highest BCUT2D eigenvalue weighted by Crippen LogP contribution is 2.23. The second kappa shape index (κ2) is 3.70. The maximum absolute atomic E-state index is 5.45. The molecule has 0 aliphatic carbocycles. The van der Waals surface area contributed by atoms with E-state index < -0.39 is 0 Å². The normalized spacial score (nSPS) is 11.4. The van der Waals surface area contributed by atoms with E-state index in [0.717, 1.165) is 17.4 Å². The van der Waals surface area contributed by atoms with Crippen LogP contribution in [0.25, 0.3) is 11.0 Å². The maximum Gasteiger partial charge on any atom is 0.158 e. The van der Waals surface area contributed by atoms with Gasteiger partial charge in [-0.25, -0.2) is 0 Å². The molecule has 0 aliphatic heterocycles. The predicted octanol–water partition coefficient (Wildman–Crippen LogP) is 3.92. The number of hydrogen-bond acceptors (Lipinski definition) is 2. The van der Waals surface area contributed by atoms with E-state index in [1.54, 1.807) is 0 Å². The minimum absolute atomic E-state index is 0.679. The molecule has 1 aromatic heterocycles. The van der Waals surface area contributed by atoms with Crippen molar-refractivity contribution in [3.63, 3.8) is 0 Å². The van der Waals surface area contributed by atoms with Crippen LogP contribution < -0.4 is 0 Å². The Kier molecular flexibility index (Phi) is 2.55. The molecule has 14 heavy (non-hydrogen) atoms. The van der Waals surface area contributed by atoms with E-state index in [9.17, 15) is 0 Å². The fourth-order valence-electron chi connectivity index (χ4n) is 1.66. The van der Waals surface area contributed by atoms with Crippen molar-refractivity contribution in [3.8, 4) is 0 Å². The third kappa shape index (κ3) is 1.95. The van der Waals surface area contributed by atoms with Gasteiger partial charge in [-0.05, 0) is 30.0 Å². The van der Waals surface area contributed by atoms with E-state index in [1.807, 2.05) is 6.07 Å². The van der Waals surface area contributed by atoms with Crippen LogP contribution in [0, 0.1) is 5.92 Å². The highest BCUT2D eigenvalue weighted by molar-refractivity contribution is 7.80. The van der Waals surface area contributed by atoms with Gasteiger partial charge in [0.25, 0.3) is 0 Å². The molecule has 0 amide bonds. The Bertz CT molecular complexity index is 443. The van der Waals surface area contributed by atoms with E-state index in [2.05, 4.69) is 44.7 Å². The summed E-state index contributed by atoms with van der Waals surface area (Å²) in [7, 11) is 0. The molecular weight excluding hydrogens is 192 g/mol. The molecule has 1 nitrogen and oxygen atoms in total. The molecule has 0 saturated heterocycles. The lowest BCUT2D eigenvalue weighted by molar-refractivity contribution is 0.516. The summed E-state index contributed by atoms with van der Waals surface area (Å²) in [6, 6.07) is 8.30. The van der Waals surface area contributed by atoms with Crippen LogP contribution in [0.5, 0.6) is 0 Å². The van der Waals surface area contributed by atoms with Crippen LogP contribution >= 0.6 is 12.6 Å². The van der Waals surface area contributed by atoms with Crippen LogP contribution in [0.15, 0.2) is 33.8 Å². The molecular formula is C12H14OS. The van der Waals surface area contributed by atoms with E-state index in [1.165, 1.54) is 5.56 Å². The summed E-state index contributed by atoms with van der Waals surface area (Å²) in [6.07, 6.45) is 1.10. The Balaban J connectivity index is 2.40. The quantitative estimate of drug-likeness (QED) is 0.735. The summed E-state index contributed by atoms with van der Waals surface area (Å²) in [6.45, 7) is 4.44. The predicted molar refractivity (Wildman–Crippen MR) is 62.0 cm³/mol. The fraction of sp³-hybridized carbons (Fsp3) is 0.333. The zero-order valence-electron chi connectivity index (χ0n) is 8.45. The first-order valence-corrected chi connectivity index (χ1v) is 5.31. The maximum atomic E-state index is 5.45. The molecule has 2 heteroatoms. The standard InChI is InChI=1S/C12H14OS/c1-8(2)5-9-3-4-10-7-12(14)13-11(10)6-9/h3-4,6-8,14H,5H2,1-2H3. The highest BCUT2D eigenvalue weighted by Gasteiger charge is 2.03. The van der Waals surface area contributed by atoms with Crippen LogP contribution in [0.1, 0.15) is 19.4 Å². The molecule has 0 bridgehead atoms. The van der Waals surface area contributed by atoms with Crippen LogP contribution in [0.3, 0.4) is 0 Å². The number of furan rings is 1. The molecule has 0 unspecified atom stereocenters. The van der Waals surface area contributed by atoms with Gasteiger partial charge in [-0.1, -0.05) is 26.0 Å². The molecule has 74 valence electrons. The van der Waals surface area contributed by atoms with Crippen LogP contribution in [-0.2, 0) is 6.42 Å².